The zero-order valence-electron chi connectivity index (χ0n) is 13.2. The van der Waals surface area contributed by atoms with Crippen molar-refractivity contribution in [2.45, 2.75) is 18.8 Å². The molecule has 1 aromatic heterocycles. The molecule has 1 unspecified atom stereocenters. The van der Waals surface area contributed by atoms with Crippen LogP contribution in [0.4, 0.5) is 0 Å². The highest BCUT2D eigenvalue weighted by molar-refractivity contribution is 7.08. The second-order valence-corrected chi connectivity index (χ2v) is 7.34. The van der Waals surface area contributed by atoms with Gasteiger partial charge in [-0.2, -0.15) is 11.3 Å². The third kappa shape index (κ3) is 3.32. The number of aliphatic carboxylic acids is 1. The number of halogens is 1. The predicted molar refractivity (Wildman–Crippen MR) is 94.6 cm³/mol. The number of carboxylic acids is 1. The normalized spacial score (nSPS) is 21.7. The lowest BCUT2D eigenvalue weighted by atomic mass is 9.89. The molecule has 3 atom stereocenters. The van der Waals surface area contributed by atoms with E-state index in [9.17, 15) is 14.7 Å². The summed E-state index contributed by atoms with van der Waals surface area (Å²) in [6.45, 7) is 2.54. The number of amides is 1. The number of likely N-dealkylation sites (tertiary alicyclic amines) is 1. The average Bonchev–Trinajstić information content (AvgIpc) is 3.24. The quantitative estimate of drug-likeness (QED) is 0.898. The van der Waals surface area contributed by atoms with Gasteiger partial charge in [-0.15, -0.1) is 0 Å². The summed E-state index contributed by atoms with van der Waals surface area (Å²) < 4.78 is 0. The van der Waals surface area contributed by atoms with Crippen molar-refractivity contribution in [1.29, 1.82) is 0 Å². The zero-order chi connectivity index (χ0) is 17.3. The molecule has 1 fully saturated rings. The Bertz CT molecular complexity index is 729. The maximum Gasteiger partial charge on any atom is 0.308 e. The summed E-state index contributed by atoms with van der Waals surface area (Å²) in [6.07, 6.45) is 0. The number of hydrogen-bond acceptors (Lipinski definition) is 3. The molecule has 1 aliphatic heterocycles. The van der Waals surface area contributed by atoms with E-state index in [-0.39, 0.29) is 24.3 Å². The van der Waals surface area contributed by atoms with Crippen LogP contribution in [0.15, 0.2) is 41.1 Å². The minimum Gasteiger partial charge on any atom is -0.481 e. The molecule has 0 radical (unpaired) electrons. The predicted octanol–water partition coefficient (Wildman–Crippen LogP) is 3.83. The number of thiophene rings is 1. The first-order chi connectivity index (χ1) is 11.5. The summed E-state index contributed by atoms with van der Waals surface area (Å²) >= 11 is 7.47. The zero-order valence-corrected chi connectivity index (χ0v) is 14.8. The Balaban J connectivity index is 1.81. The molecule has 2 aromatic rings. The number of carboxylic acid groups (broad SMARTS) is 1. The van der Waals surface area contributed by atoms with Crippen LogP contribution in [-0.2, 0) is 9.59 Å². The van der Waals surface area contributed by atoms with Gasteiger partial charge in [-0.3, -0.25) is 9.59 Å². The minimum absolute atomic E-state index is 0.0175. The summed E-state index contributed by atoms with van der Waals surface area (Å²) in [5.41, 5.74) is 1.89. The lowest BCUT2D eigenvalue weighted by molar-refractivity contribution is -0.141. The summed E-state index contributed by atoms with van der Waals surface area (Å²) in [5.74, 6) is -1.94. The summed E-state index contributed by atoms with van der Waals surface area (Å²) in [4.78, 5) is 26.1. The first kappa shape index (κ1) is 17.0. The Labute approximate surface area is 149 Å². The molecule has 0 saturated carbocycles. The van der Waals surface area contributed by atoms with Gasteiger partial charge in [0.25, 0.3) is 0 Å². The lowest BCUT2D eigenvalue weighted by Gasteiger charge is -2.20. The molecule has 1 saturated heterocycles. The molecule has 0 spiro atoms. The molecule has 6 heteroatoms. The molecule has 3 rings (SSSR count). The molecule has 4 nitrogen and oxygen atoms in total. The highest BCUT2D eigenvalue weighted by Crippen LogP contribution is 2.35. The van der Waals surface area contributed by atoms with Crippen LogP contribution in [-0.4, -0.2) is 35.0 Å². The van der Waals surface area contributed by atoms with Crippen LogP contribution in [0.1, 0.15) is 29.9 Å². The van der Waals surface area contributed by atoms with Gasteiger partial charge in [0.2, 0.25) is 5.91 Å². The smallest absolute Gasteiger partial charge is 0.308 e. The van der Waals surface area contributed by atoms with Gasteiger partial charge in [-0.05, 0) is 47.0 Å². The second-order valence-electron chi connectivity index (χ2n) is 6.12. The van der Waals surface area contributed by atoms with Crippen molar-refractivity contribution in [3.05, 3.63) is 57.2 Å². The van der Waals surface area contributed by atoms with Gasteiger partial charge in [-0.25, -0.2) is 0 Å². The van der Waals surface area contributed by atoms with Crippen LogP contribution in [0.3, 0.4) is 0 Å². The van der Waals surface area contributed by atoms with Crippen LogP contribution in [0.5, 0.6) is 0 Å². The molecular weight excluding hydrogens is 346 g/mol. The van der Waals surface area contributed by atoms with Crippen LogP contribution in [0.25, 0.3) is 0 Å². The first-order valence-electron chi connectivity index (χ1n) is 7.76. The Morgan fingerprint density at radius 2 is 1.96 bits per heavy atom. The molecule has 24 heavy (non-hydrogen) atoms. The molecule has 1 aromatic carbocycles. The van der Waals surface area contributed by atoms with E-state index in [1.54, 1.807) is 28.4 Å². The number of hydrogen-bond donors (Lipinski definition) is 1. The number of carbonyl (C=O) groups is 2. The molecular formula is C18H18ClNO3S. The SMILES string of the molecule is CC(C(=O)N1C[C@@H](C(=O)O)[C@H](c2ccc(Cl)cc2)C1)c1ccsc1. The van der Waals surface area contributed by atoms with Crippen molar-refractivity contribution in [2.75, 3.05) is 13.1 Å². The maximum atomic E-state index is 12.8. The Morgan fingerprint density at radius 1 is 1.25 bits per heavy atom. The van der Waals surface area contributed by atoms with Crippen molar-refractivity contribution in [1.82, 2.24) is 4.90 Å². The van der Waals surface area contributed by atoms with E-state index in [2.05, 4.69) is 0 Å². The van der Waals surface area contributed by atoms with Crippen molar-refractivity contribution in [3.63, 3.8) is 0 Å². The van der Waals surface area contributed by atoms with Crippen molar-refractivity contribution < 1.29 is 14.7 Å². The highest BCUT2D eigenvalue weighted by Gasteiger charge is 2.41. The fourth-order valence-corrected chi connectivity index (χ4v) is 4.10. The van der Waals surface area contributed by atoms with E-state index >= 15 is 0 Å². The number of nitrogens with zero attached hydrogens (tertiary/aromatic N) is 1. The summed E-state index contributed by atoms with van der Waals surface area (Å²) in [6, 6.07) is 9.15. The van der Waals surface area contributed by atoms with Gasteiger partial charge in [-0.1, -0.05) is 23.7 Å². The Hall–Kier alpha value is -1.85. The van der Waals surface area contributed by atoms with E-state index in [0.29, 0.717) is 11.6 Å². The first-order valence-corrected chi connectivity index (χ1v) is 9.08. The third-order valence-electron chi connectivity index (χ3n) is 4.66. The summed E-state index contributed by atoms with van der Waals surface area (Å²) in [5, 5.41) is 14.1. The molecule has 1 aliphatic rings. The molecule has 0 aliphatic carbocycles. The van der Waals surface area contributed by atoms with Crippen LogP contribution in [0, 0.1) is 5.92 Å². The van der Waals surface area contributed by atoms with Gasteiger partial charge >= 0.3 is 5.97 Å². The van der Waals surface area contributed by atoms with E-state index in [4.69, 9.17) is 11.6 Å². The Kier molecular flexibility index (Phi) is 4.92. The lowest BCUT2D eigenvalue weighted by Crippen LogP contribution is -2.33. The molecule has 2 heterocycles. The van der Waals surface area contributed by atoms with Crippen LogP contribution < -0.4 is 0 Å². The molecule has 0 bridgehead atoms. The Morgan fingerprint density at radius 3 is 2.54 bits per heavy atom. The fourth-order valence-electron chi connectivity index (χ4n) is 3.22. The molecule has 126 valence electrons. The maximum absolute atomic E-state index is 12.8. The summed E-state index contributed by atoms with van der Waals surface area (Å²) in [7, 11) is 0. The van der Waals surface area contributed by atoms with Gasteiger partial charge in [0.1, 0.15) is 0 Å². The number of benzene rings is 1. The van der Waals surface area contributed by atoms with Gasteiger partial charge in [0.15, 0.2) is 0 Å². The minimum atomic E-state index is -0.867. The topological polar surface area (TPSA) is 57.6 Å². The van der Waals surface area contributed by atoms with Crippen molar-refractivity contribution in [3.8, 4) is 0 Å². The van der Waals surface area contributed by atoms with Crippen molar-refractivity contribution in [2.24, 2.45) is 5.92 Å². The van der Waals surface area contributed by atoms with E-state index < -0.39 is 11.9 Å². The largest absolute Gasteiger partial charge is 0.481 e. The van der Waals surface area contributed by atoms with E-state index in [1.807, 2.05) is 35.9 Å². The molecule has 1 N–H and O–H groups in total. The second kappa shape index (κ2) is 6.95. The number of rotatable bonds is 4. The molecule has 1 amide bonds. The van der Waals surface area contributed by atoms with E-state index in [0.717, 1.165) is 11.1 Å². The number of carbonyl (C=O) groups excluding carboxylic acids is 1. The third-order valence-corrected chi connectivity index (χ3v) is 5.61. The fraction of sp³-hybridized carbons (Fsp3) is 0.333. The van der Waals surface area contributed by atoms with Gasteiger partial charge in [0, 0.05) is 24.0 Å². The van der Waals surface area contributed by atoms with Crippen LogP contribution in [0.2, 0.25) is 5.02 Å². The van der Waals surface area contributed by atoms with Gasteiger partial charge < -0.3 is 10.0 Å². The highest BCUT2D eigenvalue weighted by atomic mass is 35.5. The van der Waals surface area contributed by atoms with Gasteiger partial charge in [0.05, 0.1) is 11.8 Å². The van der Waals surface area contributed by atoms with Crippen molar-refractivity contribution >= 4 is 34.8 Å². The average molecular weight is 364 g/mol. The van der Waals surface area contributed by atoms with E-state index in [1.165, 1.54) is 0 Å². The van der Waals surface area contributed by atoms with Crippen LogP contribution >= 0.6 is 22.9 Å². The standard InChI is InChI=1S/C18H18ClNO3S/c1-11(13-6-7-24-10-13)17(21)20-8-15(16(9-20)18(22)23)12-2-4-14(19)5-3-12/h2-7,10-11,15-16H,8-9H2,1H3,(H,22,23)/t11?,15-,16+/m0/s1. The monoisotopic (exact) mass is 363 g/mol.